The van der Waals surface area contributed by atoms with Crippen molar-refractivity contribution in [1.29, 1.82) is 0 Å². The van der Waals surface area contributed by atoms with E-state index in [2.05, 4.69) is 55.4 Å². The van der Waals surface area contributed by atoms with Crippen molar-refractivity contribution in [3.63, 3.8) is 0 Å². The second kappa shape index (κ2) is 14.0. The molecule has 2 nitrogen and oxygen atoms in total. The van der Waals surface area contributed by atoms with Gasteiger partial charge in [0, 0.05) is 0 Å². The summed E-state index contributed by atoms with van der Waals surface area (Å²) >= 11 is 0. The molecule has 0 atom stereocenters. The van der Waals surface area contributed by atoms with Crippen LogP contribution in [-0.2, 0) is 4.79 Å². The molecule has 23 heavy (non-hydrogen) atoms. The molecular weight excluding hydrogens is 284 g/mol. The Morgan fingerprint density at radius 3 is 1.48 bits per heavy atom. The van der Waals surface area contributed by atoms with Crippen LogP contribution in [0.4, 0.5) is 0 Å². The Morgan fingerprint density at radius 2 is 1.30 bits per heavy atom. The predicted octanol–water partition coefficient (Wildman–Crippen LogP) is 6.50. The first kappa shape index (κ1) is 27.5. The van der Waals surface area contributed by atoms with E-state index in [9.17, 15) is 5.11 Å². The van der Waals surface area contributed by atoms with E-state index >= 15 is 0 Å². The van der Waals surface area contributed by atoms with Gasteiger partial charge in [0.05, 0.1) is 6.10 Å². The number of aliphatic hydroxyl groups excluding tert-OH is 1. The smallest absolute Gasteiger partial charge is 0.106 e. The average Bonchev–Trinajstić information content (AvgIpc) is 2.51. The van der Waals surface area contributed by atoms with E-state index in [0.29, 0.717) is 10.8 Å². The zero-order valence-corrected chi connectivity index (χ0v) is 17.8. The normalized spacial score (nSPS) is 21.0. The Morgan fingerprint density at radius 1 is 0.957 bits per heavy atom. The van der Waals surface area contributed by atoms with Gasteiger partial charge in [-0.3, -0.25) is 0 Å². The highest BCUT2D eigenvalue weighted by atomic mass is 16.3. The van der Waals surface area contributed by atoms with Crippen LogP contribution in [-0.4, -0.2) is 18.0 Å². The fourth-order valence-corrected chi connectivity index (χ4v) is 2.35. The fraction of sp³-hybridized carbons (Fsp3) is 0.952. The molecule has 1 aliphatic rings. The first-order valence-corrected chi connectivity index (χ1v) is 9.47. The topological polar surface area (TPSA) is 37.3 Å². The number of aliphatic hydroxyl groups is 1. The van der Waals surface area contributed by atoms with Gasteiger partial charge >= 0.3 is 0 Å². The van der Waals surface area contributed by atoms with Crippen molar-refractivity contribution in [3.05, 3.63) is 0 Å². The van der Waals surface area contributed by atoms with Crippen molar-refractivity contribution in [2.75, 3.05) is 0 Å². The maximum Gasteiger partial charge on any atom is 0.106 e. The van der Waals surface area contributed by atoms with Gasteiger partial charge in [0.15, 0.2) is 0 Å². The van der Waals surface area contributed by atoms with Crippen LogP contribution in [0, 0.1) is 22.7 Å². The van der Waals surface area contributed by atoms with E-state index in [-0.39, 0.29) is 6.10 Å². The van der Waals surface area contributed by atoms with Crippen LogP contribution in [0.25, 0.3) is 0 Å². The van der Waals surface area contributed by atoms with Crippen LogP contribution in [0.15, 0.2) is 0 Å². The molecule has 0 aromatic carbocycles. The Labute approximate surface area is 147 Å². The summed E-state index contributed by atoms with van der Waals surface area (Å²) < 4.78 is 0. The lowest BCUT2D eigenvalue weighted by molar-refractivity contribution is -0.0979. The Kier molecular flexibility index (Phi) is 16.7. The molecule has 2 heteroatoms. The van der Waals surface area contributed by atoms with Crippen molar-refractivity contribution >= 4 is 6.79 Å². The van der Waals surface area contributed by atoms with Crippen molar-refractivity contribution in [1.82, 2.24) is 0 Å². The lowest BCUT2D eigenvalue weighted by Gasteiger charge is -2.35. The Hall–Kier alpha value is -0.370. The molecule has 1 aliphatic carbocycles. The molecule has 0 unspecified atom stereocenters. The van der Waals surface area contributed by atoms with Crippen LogP contribution in [0.3, 0.4) is 0 Å². The quantitative estimate of drug-likeness (QED) is 0.627. The molecule has 0 aliphatic heterocycles. The van der Waals surface area contributed by atoms with Gasteiger partial charge in [-0.25, -0.2) is 0 Å². The summed E-state index contributed by atoms with van der Waals surface area (Å²) in [6.07, 6.45) is 5.73. The molecule has 1 fully saturated rings. The summed E-state index contributed by atoms with van der Waals surface area (Å²) in [6.45, 7) is 24.3. The Bertz CT molecular complexity index is 243. The van der Waals surface area contributed by atoms with E-state index in [4.69, 9.17) is 4.79 Å². The molecule has 1 N–H and O–H groups in total. The molecular formula is C21H46O2. The van der Waals surface area contributed by atoms with E-state index in [1.165, 1.54) is 19.3 Å². The zero-order valence-electron chi connectivity index (χ0n) is 17.8. The molecule has 0 spiro atoms. The van der Waals surface area contributed by atoms with Gasteiger partial charge in [0.2, 0.25) is 0 Å². The van der Waals surface area contributed by atoms with Gasteiger partial charge in [-0.2, -0.15) is 0 Å². The molecule has 0 aromatic heterocycles. The Balaban J connectivity index is -0.000000296. The predicted molar refractivity (Wildman–Crippen MR) is 105 cm³/mol. The zero-order chi connectivity index (χ0) is 19.3. The van der Waals surface area contributed by atoms with Crippen LogP contribution in [0.2, 0.25) is 0 Å². The molecule has 0 heterocycles. The van der Waals surface area contributed by atoms with Crippen LogP contribution < -0.4 is 0 Å². The highest BCUT2D eigenvalue weighted by Crippen LogP contribution is 2.37. The number of carbonyl (C=O) groups excluding carboxylic acids is 1. The summed E-state index contributed by atoms with van der Waals surface area (Å²) in [5.41, 5.74) is 0.986. The van der Waals surface area contributed by atoms with Crippen LogP contribution in [0.5, 0.6) is 0 Å². The highest BCUT2D eigenvalue weighted by Gasteiger charge is 2.28. The molecule has 1 saturated carbocycles. The van der Waals surface area contributed by atoms with Crippen molar-refractivity contribution in [2.24, 2.45) is 22.7 Å². The van der Waals surface area contributed by atoms with E-state index in [1.54, 1.807) is 0 Å². The SMILES string of the molecule is C=O.CC.CC(C)(C)C1CCC(O)CC1.CCC(C)(C)C(C)C. The van der Waals surface area contributed by atoms with E-state index in [1.807, 2.05) is 20.6 Å². The lowest BCUT2D eigenvalue weighted by atomic mass is 9.72. The third kappa shape index (κ3) is 13.7. The number of carbonyl (C=O) groups is 1. The summed E-state index contributed by atoms with van der Waals surface area (Å²) in [6, 6.07) is 0. The van der Waals surface area contributed by atoms with Crippen molar-refractivity contribution < 1.29 is 9.90 Å². The first-order valence-electron chi connectivity index (χ1n) is 9.47. The monoisotopic (exact) mass is 330 g/mol. The van der Waals surface area contributed by atoms with Gasteiger partial charge < -0.3 is 9.90 Å². The molecule has 142 valence electrons. The number of hydrogen-bond donors (Lipinski definition) is 1. The number of rotatable bonds is 2. The molecule has 0 bridgehead atoms. The lowest BCUT2D eigenvalue weighted by Crippen LogP contribution is -2.27. The second-order valence-corrected chi connectivity index (χ2v) is 8.37. The fourth-order valence-electron chi connectivity index (χ4n) is 2.35. The number of hydrogen-bond acceptors (Lipinski definition) is 2. The molecule has 1 rings (SSSR count). The van der Waals surface area contributed by atoms with Gasteiger partial charge in [0.1, 0.15) is 6.79 Å². The molecule has 0 saturated heterocycles. The van der Waals surface area contributed by atoms with Crippen molar-refractivity contribution in [2.45, 2.75) is 107 Å². The van der Waals surface area contributed by atoms with Crippen LogP contribution in [0.1, 0.15) is 101 Å². The summed E-state index contributed by atoms with van der Waals surface area (Å²) in [7, 11) is 0. The maximum absolute atomic E-state index is 9.29. The minimum absolute atomic E-state index is 0.00593. The van der Waals surface area contributed by atoms with E-state index in [0.717, 1.165) is 24.7 Å². The summed E-state index contributed by atoms with van der Waals surface area (Å²) in [4.78, 5) is 8.00. The molecule has 0 radical (unpaired) electrons. The highest BCUT2D eigenvalue weighted by molar-refractivity contribution is 5.11. The summed E-state index contributed by atoms with van der Waals surface area (Å²) in [5.74, 6) is 1.64. The van der Waals surface area contributed by atoms with Crippen molar-refractivity contribution in [3.8, 4) is 0 Å². The average molecular weight is 331 g/mol. The summed E-state index contributed by atoms with van der Waals surface area (Å²) in [5, 5.41) is 9.29. The van der Waals surface area contributed by atoms with Gasteiger partial charge in [-0.1, -0.05) is 75.7 Å². The largest absolute Gasteiger partial charge is 0.393 e. The van der Waals surface area contributed by atoms with Gasteiger partial charge in [-0.15, -0.1) is 0 Å². The second-order valence-electron chi connectivity index (χ2n) is 8.37. The third-order valence-electron chi connectivity index (χ3n) is 5.40. The molecule has 0 amide bonds. The molecule has 0 aromatic rings. The third-order valence-corrected chi connectivity index (χ3v) is 5.40. The first-order chi connectivity index (χ1) is 10.5. The van der Waals surface area contributed by atoms with Crippen LogP contribution >= 0.6 is 0 Å². The van der Waals surface area contributed by atoms with Gasteiger partial charge in [0.25, 0.3) is 0 Å². The van der Waals surface area contributed by atoms with E-state index < -0.39 is 0 Å². The maximum atomic E-state index is 9.29. The standard InChI is InChI=1S/C10H20O.C8H18.C2H6.CH2O/c1-10(2,3)8-4-6-9(11)7-5-8;1-6-8(4,5)7(2)3;2*1-2/h8-9,11H,4-7H2,1-3H3;7H,6H2,1-5H3;1-2H3;1H2. The minimum atomic E-state index is -0.00593. The minimum Gasteiger partial charge on any atom is -0.393 e. The van der Waals surface area contributed by atoms with Gasteiger partial charge in [-0.05, 0) is 48.3 Å².